The van der Waals surface area contributed by atoms with Crippen molar-refractivity contribution in [1.82, 2.24) is 5.32 Å². The number of hydrogen-bond donors (Lipinski definition) is 1. The SMILES string of the molecule is CCOC(=O)C(CCSC1CCCC1)NC. The molecule has 1 rings (SSSR count). The average Bonchev–Trinajstić information content (AvgIpc) is 2.77. The van der Waals surface area contributed by atoms with Gasteiger partial charge in [-0.1, -0.05) is 12.8 Å². The molecule has 0 aromatic rings. The normalized spacial score (nSPS) is 18.6. The summed E-state index contributed by atoms with van der Waals surface area (Å²) in [5.74, 6) is 0.937. The van der Waals surface area contributed by atoms with Crippen molar-refractivity contribution >= 4 is 17.7 Å². The molecule has 0 saturated heterocycles. The number of esters is 1. The van der Waals surface area contributed by atoms with Crippen LogP contribution in [-0.4, -0.2) is 36.7 Å². The Morgan fingerprint density at radius 1 is 1.50 bits per heavy atom. The van der Waals surface area contributed by atoms with Gasteiger partial charge in [0.05, 0.1) is 6.61 Å². The van der Waals surface area contributed by atoms with Crippen LogP contribution in [0.1, 0.15) is 39.0 Å². The van der Waals surface area contributed by atoms with Gasteiger partial charge in [-0.2, -0.15) is 11.8 Å². The predicted octanol–water partition coefficient (Wildman–Crippen LogP) is 2.20. The van der Waals surface area contributed by atoms with Crippen LogP contribution in [0.3, 0.4) is 0 Å². The van der Waals surface area contributed by atoms with E-state index in [1.807, 2.05) is 25.7 Å². The van der Waals surface area contributed by atoms with Crippen molar-refractivity contribution in [3.8, 4) is 0 Å². The maximum absolute atomic E-state index is 11.5. The van der Waals surface area contributed by atoms with Crippen LogP contribution in [0.25, 0.3) is 0 Å². The Morgan fingerprint density at radius 3 is 2.75 bits per heavy atom. The molecule has 0 amide bonds. The van der Waals surface area contributed by atoms with Crippen LogP contribution in [0, 0.1) is 0 Å². The van der Waals surface area contributed by atoms with Crippen molar-refractivity contribution < 1.29 is 9.53 Å². The maximum Gasteiger partial charge on any atom is 0.323 e. The average molecular weight is 245 g/mol. The molecule has 3 nitrogen and oxygen atoms in total. The van der Waals surface area contributed by atoms with Crippen LogP contribution < -0.4 is 5.32 Å². The highest BCUT2D eigenvalue weighted by molar-refractivity contribution is 7.99. The van der Waals surface area contributed by atoms with E-state index in [-0.39, 0.29) is 12.0 Å². The molecule has 0 aromatic carbocycles. The van der Waals surface area contributed by atoms with Crippen molar-refractivity contribution in [3.63, 3.8) is 0 Å². The molecule has 1 saturated carbocycles. The second-order valence-electron chi connectivity index (χ2n) is 4.16. The molecule has 1 atom stereocenters. The van der Waals surface area contributed by atoms with E-state index in [2.05, 4.69) is 5.32 Å². The number of ether oxygens (including phenoxy) is 1. The third kappa shape index (κ3) is 4.74. The molecule has 0 aliphatic heterocycles. The maximum atomic E-state index is 11.5. The summed E-state index contributed by atoms with van der Waals surface area (Å²) < 4.78 is 5.01. The Labute approximate surface area is 103 Å². The summed E-state index contributed by atoms with van der Waals surface area (Å²) >= 11 is 2.02. The van der Waals surface area contributed by atoms with Crippen LogP contribution >= 0.6 is 11.8 Å². The minimum Gasteiger partial charge on any atom is -0.465 e. The number of likely N-dealkylation sites (N-methyl/N-ethyl adjacent to an activating group) is 1. The molecular weight excluding hydrogens is 222 g/mol. The van der Waals surface area contributed by atoms with Gasteiger partial charge in [0.2, 0.25) is 0 Å². The first kappa shape index (κ1) is 13.8. The Morgan fingerprint density at radius 2 is 2.19 bits per heavy atom. The van der Waals surface area contributed by atoms with Gasteiger partial charge in [0.15, 0.2) is 0 Å². The van der Waals surface area contributed by atoms with E-state index in [1.165, 1.54) is 25.7 Å². The molecule has 16 heavy (non-hydrogen) atoms. The van der Waals surface area contributed by atoms with Crippen LogP contribution in [0.2, 0.25) is 0 Å². The molecule has 0 radical (unpaired) electrons. The number of rotatable bonds is 7. The van der Waals surface area contributed by atoms with E-state index in [0.717, 1.165) is 17.4 Å². The quantitative estimate of drug-likeness (QED) is 0.698. The predicted molar refractivity (Wildman–Crippen MR) is 68.8 cm³/mol. The van der Waals surface area contributed by atoms with Gasteiger partial charge in [-0.25, -0.2) is 0 Å². The molecule has 1 aliphatic carbocycles. The lowest BCUT2D eigenvalue weighted by Crippen LogP contribution is -2.36. The fourth-order valence-electron chi connectivity index (χ4n) is 2.03. The van der Waals surface area contributed by atoms with Crippen molar-refractivity contribution in [2.45, 2.75) is 50.3 Å². The molecule has 94 valence electrons. The zero-order valence-electron chi connectivity index (χ0n) is 10.3. The van der Waals surface area contributed by atoms with Gasteiger partial charge in [-0.05, 0) is 39.0 Å². The van der Waals surface area contributed by atoms with Gasteiger partial charge < -0.3 is 10.1 Å². The van der Waals surface area contributed by atoms with Crippen molar-refractivity contribution in [1.29, 1.82) is 0 Å². The molecule has 0 heterocycles. The Hall–Kier alpha value is -0.220. The molecule has 0 spiro atoms. The molecule has 1 fully saturated rings. The van der Waals surface area contributed by atoms with Gasteiger partial charge in [-0.3, -0.25) is 4.79 Å². The van der Waals surface area contributed by atoms with Gasteiger partial charge in [0.25, 0.3) is 0 Å². The summed E-state index contributed by atoms with van der Waals surface area (Å²) in [6, 6.07) is -0.131. The van der Waals surface area contributed by atoms with E-state index >= 15 is 0 Å². The van der Waals surface area contributed by atoms with Crippen molar-refractivity contribution in [2.75, 3.05) is 19.4 Å². The highest BCUT2D eigenvalue weighted by Gasteiger charge is 2.19. The Balaban J connectivity index is 2.14. The van der Waals surface area contributed by atoms with Gasteiger partial charge >= 0.3 is 5.97 Å². The highest BCUT2D eigenvalue weighted by atomic mass is 32.2. The highest BCUT2D eigenvalue weighted by Crippen LogP contribution is 2.29. The lowest BCUT2D eigenvalue weighted by atomic mass is 10.2. The smallest absolute Gasteiger partial charge is 0.323 e. The number of carbonyl (C=O) groups is 1. The first-order chi connectivity index (χ1) is 7.77. The zero-order valence-corrected chi connectivity index (χ0v) is 11.1. The summed E-state index contributed by atoms with van der Waals surface area (Å²) in [7, 11) is 1.82. The van der Waals surface area contributed by atoms with E-state index in [0.29, 0.717) is 6.61 Å². The molecule has 0 bridgehead atoms. The topological polar surface area (TPSA) is 38.3 Å². The summed E-state index contributed by atoms with van der Waals surface area (Å²) in [4.78, 5) is 11.5. The monoisotopic (exact) mass is 245 g/mol. The fourth-order valence-corrected chi connectivity index (χ4v) is 3.40. The summed E-state index contributed by atoms with van der Waals surface area (Å²) in [6.45, 7) is 2.31. The summed E-state index contributed by atoms with van der Waals surface area (Å²) in [5, 5.41) is 3.86. The van der Waals surface area contributed by atoms with Crippen molar-refractivity contribution in [3.05, 3.63) is 0 Å². The van der Waals surface area contributed by atoms with E-state index in [9.17, 15) is 4.79 Å². The van der Waals surface area contributed by atoms with E-state index in [4.69, 9.17) is 4.74 Å². The molecule has 1 N–H and O–H groups in total. The summed E-state index contributed by atoms with van der Waals surface area (Å²) in [5.41, 5.74) is 0. The molecular formula is C12H23NO2S. The van der Waals surface area contributed by atoms with Crippen LogP contribution in [0.15, 0.2) is 0 Å². The summed E-state index contributed by atoms with van der Waals surface area (Å²) in [6.07, 6.45) is 6.34. The Kier molecular flexibility index (Phi) is 6.88. The lowest BCUT2D eigenvalue weighted by Gasteiger charge is -2.15. The standard InChI is InChI=1S/C12H23NO2S/c1-3-15-12(14)11(13-2)8-9-16-10-6-4-5-7-10/h10-11,13H,3-9H2,1-2H3. The molecule has 1 aliphatic rings. The van der Waals surface area contributed by atoms with Gasteiger partial charge in [0.1, 0.15) is 6.04 Å². The second-order valence-corrected chi connectivity index (χ2v) is 5.57. The minimum atomic E-state index is -0.131. The third-order valence-corrected chi connectivity index (χ3v) is 4.40. The van der Waals surface area contributed by atoms with E-state index in [1.54, 1.807) is 0 Å². The fraction of sp³-hybridized carbons (Fsp3) is 0.917. The van der Waals surface area contributed by atoms with Gasteiger partial charge in [0, 0.05) is 5.25 Å². The van der Waals surface area contributed by atoms with Crippen molar-refractivity contribution in [2.24, 2.45) is 0 Å². The second kappa shape index (κ2) is 7.96. The largest absolute Gasteiger partial charge is 0.465 e. The van der Waals surface area contributed by atoms with Crippen LogP contribution in [-0.2, 0) is 9.53 Å². The molecule has 4 heteroatoms. The number of hydrogen-bond acceptors (Lipinski definition) is 4. The first-order valence-corrected chi connectivity index (χ1v) is 7.28. The van der Waals surface area contributed by atoms with Crippen LogP contribution in [0.4, 0.5) is 0 Å². The first-order valence-electron chi connectivity index (χ1n) is 6.23. The number of thioether (sulfide) groups is 1. The third-order valence-electron chi connectivity index (χ3n) is 2.98. The molecule has 1 unspecified atom stereocenters. The van der Waals surface area contributed by atoms with E-state index < -0.39 is 0 Å². The minimum absolute atomic E-state index is 0.114. The number of nitrogens with one attached hydrogen (secondary N) is 1. The molecule has 0 aromatic heterocycles. The van der Waals surface area contributed by atoms with Crippen LogP contribution in [0.5, 0.6) is 0 Å². The van der Waals surface area contributed by atoms with Gasteiger partial charge in [-0.15, -0.1) is 0 Å². The zero-order chi connectivity index (χ0) is 11.8. The number of carbonyl (C=O) groups excluding carboxylic acids is 1. The Bertz CT molecular complexity index is 205. The lowest BCUT2D eigenvalue weighted by molar-refractivity contribution is -0.145.